The Labute approximate surface area is 143 Å². The maximum atomic E-state index is 12.3. The van der Waals surface area contributed by atoms with Crippen LogP contribution in [0, 0.1) is 6.92 Å². The van der Waals surface area contributed by atoms with Crippen LogP contribution >= 0.6 is 0 Å². The Kier molecular flexibility index (Phi) is 5.38. The summed E-state index contributed by atoms with van der Waals surface area (Å²) in [5.41, 5.74) is 0.235. The Bertz CT molecular complexity index is 574. The first-order chi connectivity index (χ1) is 11.5. The Morgan fingerprint density at radius 2 is 2.12 bits per heavy atom. The average Bonchev–Trinajstić information content (AvgIpc) is 2.95. The quantitative estimate of drug-likeness (QED) is 0.858. The second-order valence-corrected chi connectivity index (χ2v) is 6.78. The summed E-state index contributed by atoms with van der Waals surface area (Å²) in [6.45, 7) is 6.33. The Morgan fingerprint density at radius 1 is 1.33 bits per heavy atom. The Balaban J connectivity index is 1.47. The highest BCUT2D eigenvalue weighted by molar-refractivity contribution is 5.78. The molecule has 6 heteroatoms. The molecule has 3 rings (SSSR count). The lowest BCUT2D eigenvalue weighted by Gasteiger charge is -2.29. The fraction of sp³-hybridized carbons (Fsp3) is 0.611. The number of morpholine rings is 1. The van der Waals surface area contributed by atoms with E-state index in [-0.39, 0.29) is 12.5 Å². The van der Waals surface area contributed by atoms with E-state index in [4.69, 9.17) is 9.47 Å². The molecule has 0 saturated carbocycles. The van der Waals surface area contributed by atoms with E-state index in [1.807, 2.05) is 41.0 Å². The van der Waals surface area contributed by atoms with E-state index >= 15 is 0 Å². The van der Waals surface area contributed by atoms with Crippen LogP contribution in [-0.4, -0.2) is 79.0 Å². The van der Waals surface area contributed by atoms with Crippen molar-refractivity contribution >= 4 is 5.91 Å². The summed E-state index contributed by atoms with van der Waals surface area (Å²) in [5, 5.41) is 10.7. The molecule has 0 aliphatic carbocycles. The van der Waals surface area contributed by atoms with Gasteiger partial charge in [0.2, 0.25) is 5.91 Å². The molecule has 2 fully saturated rings. The van der Waals surface area contributed by atoms with Crippen LogP contribution in [0.15, 0.2) is 24.3 Å². The summed E-state index contributed by atoms with van der Waals surface area (Å²) in [4.78, 5) is 16.1. The Morgan fingerprint density at radius 3 is 2.88 bits per heavy atom. The van der Waals surface area contributed by atoms with Gasteiger partial charge in [0.05, 0.1) is 19.8 Å². The number of carbonyl (C=O) groups is 1. The van der Waals surface area contributed by atoms with Crippen LogP contribution in [0.2, 0.25) is 0 Å². The summed E-state index contributed by atoms with van der Waals surface area (Å²) < 4.78 is 11.0. The van der Waals surface area contributed by atoms with Gasteiger partial charge in [-0.3, -0.25) is 9.69 Å². The van der Waals surface area contributed by atoms with Crippen molar-refractivity contribution in [3.8, 4) is 5.75 Å². The van der Waals surface area contributed by atoms with Gasteiger partial charge in [0.1, 0.15) is 18.0 Å². The predicted molar refractivity (Wildman–Crippen MR) is 90.1 cm³/mol. The summed E-state index contributed by atoms with van der Waals surface area (Å²) in [5.74, 6) is 0.883. The van der Waals surface area contributed by atoms with E-state index in [0.29, 0.717) is 52.4 Å². The van der Waals surface area contributed by atoms with Gasteiger partial charge in [-0.2, -0.15) is 0 Å². The molecule has 132 valence electrons. The van der Waals surface area contributed by atoms with Crippen molar-refractivity contribution in [1.29, 1.82) is 0 Å². The van der Waals surface area contributed by atoms with Crippen molar-refractivity contribution in [2.24, 2.45) is 0 Å². The van der Waals surface area contributed by atoms with Crippen LogP contribution in [0.5, 0.6) is 5.75 Å². The highest BCUT2D eigenvalue weighted by atomic mass is 16.5. The Hall–Kier alpha value is -1.63. The van der Waals surface area contributed by atoms with Crippen LogP contribution in [0.3, 0.4) is 0 Å². The van der Waals surface area contributed by atoms with Gasteiger partial charge in [-0.25, -0.2) is 0 Å². The number of aryl methyl sites for hydroxylation is 1. The number of likely N-dealkylation sites (tertiary alicyclic amines) is 1. The number of ether oxygens (including phenoxy) is 2. The normalized spacial score (nSPS) is 25.0. The van der Waals surface area contributed by atoms with Crippen molar-refractivity contribution in [3.63, 3.8) is 0 Å². The minimum absolute atomic E-state index is 0.113. The topological polar surface area (TPSA) is 62.2 Å². The van der Waals surface area contributed by atoms with Crippen LogP contribution in [0.1, 0.15) is 12.0 Å². The predicted octanol–water partition coefficient (Wildman–Crippen LogP) is 0.669. The largest absolute Gasteiger partial charge is 0.491 e. The molecule has 24 heavy (non-hydrogen) atoms. The van der Waals surface area contributed by atoms with Gasteiger partial charge in [0.15, 0.2) is 0 Å². The van der Waals surface area contributed by atoms with Gasteiger partial charge in [-0.1, -0.05) is 12.1 Å². The molecule has 2 aliphatic heterocycles. The van der Waals surface area contributed by atoms with E-state index in [0.717, 1.165) is 11.3 Å². The van der Waals surface area contributed by atoms with Crippen molar-refractivity contribution < 1.29 is 19.4 Å². The summed E-state index contributed by atoms with van der Waals surface area (Å²) in [6, 6.07) is 7.80. The first-order valence-corrected chi connectivity index (χ1v) is 8.54. The zero-order valence-corrected chi connectivity index (χ0v) is 14.2. The third-order valence-electron chi connectivity index (χ3n) is 4.63. The van der Waals surface area contributed by atoms with Crippen LogP contribution in [-0.2, 0) is 9.53 Å². The smallest absolute Gasteiger partial charge is 0.236 e. The number of rotatable bonds is 5. The first kappa shape index (κ1) is 17.2. The number of amides is 1. The molecule has 2 saturated heterocycles. The summed E-state index contributed by atoms with van der Waals surface area (Å²) in [6.07, 6.45) is 0.620. The fourth-order valence-electron chi connectivity index (χ4n) is 3.22. The molecular formula is C18H26N2O4. The van der Waals surface area contributed by atoms with Crippen molar-refractivity contribution in [2.75, 3.05) is 52.5 Å². The number of nitrogens with zero attached hydrogens (tertiary/aromatic N) is 2. The van der Waals surface area contributed by atoms with Crippen LogP contribution in [0.4, 0.5) is 0 Å². The molecule has 0 aromatic heterocycles. The van der Waals surface area contributed by atoms with Crippen molar-refractivity contribution in [3.05, 3.63) is 29.8 Å². The van der Waals surface area contributed by atoms with Gasteiger partial charge < -0.3 is 19.5 Å². The van der Waals surface area contributed by atoms with E-state index in [2.05, 4.69) is 0 Å². The molecule has 1 atom stereocenters. The third-order valence-corrected chi connectivity index (χ3v) is 4.63. The zero-order chi connectivity index (χ0) is 17.0. The number of hydrogen-bond acceptors (Lipinski definition) is 5. The SMILES string of the molecule is Cc1cccc(OCC2(O)CCN(CC(=O)N3CCOCC3)C2)c1. The van der Waals surface area contributed by atoms with Crippen molar-refractivity contribution in [1.82, 2.24) is 9.80 Å². The minimum Gasteiger partial charge on any atom is -0.491 e. The third kappa shape index (κ3) is 4.47. The molecule has 0 spiro atoms. The highest BCUT2D eigenvalue weighted by Crippen LogP contribution is 2.23. The lowest BCUT2D eigenvalue weighted by Crippen LogP contribution is -2.46. The zero-order valence-electron chi connectivity index (χ0n) is 14.2. The van der Waals surface area contributed by atoms with E-state index in [1.165, 1.54) is 0 Å². The second kappa shape index (κ2) is 7.51. The van der Waals surface area contributed by atoms with Gasteiger partial charge in [0, 0.05) is 26.2 Å². The average molecular weight is 334 g/mol. The minimum atomic E-state index is -0.894. The lowest BCUT2D eigenvalue weighted by atomic mass is 10.1. The molecule has 2 heterocycles. The summed E-state index contributed by atoms with van der Waals surface area (Å²) in [7, 11) is 0. The van der Waals surface area contributed by atoms with Gasteiger partial charge in [-0.05, 0) is 31.0 Å². The second-order valence-electron chi connectivity index (χ2n) is 6.78. The number of benzene rings is 1. The van der Waals surface area contributed by atoms with Gasteiger partial charge in [-0.15, -0.1) is 0 Å². The van der Waals surface area contributed by atoms with Crippen LogP contribution < -0.4 is 4.74 Å². The number of carbonyl (C=O) groups excluding carboxylic acids is 1. The molecule has 1 unspecified atom stereocenters. The van der Waals surface area contributed by atoms with E-state index < -0.39 is 5.60 Å². The fourth-order valence-corrected chi connectivity index (χ4v) is 3.22. The molecule has 6 nitrogen and oxygen atoms in total. The maximum absolute atomic E-state index is 12.3. The van der Waals surface area contributed by atoms with Crippen LogP contribution in [0.25, 0.3) is 0 Å². The molecule has 0 bridgehead atoms. The lowest BCUT2D eigenvalue weighted by molar-refractivity contribution is -0.136. The maximum Gasteiger partial charge on any atom is 0.236 e. The number of hydrogen-bond donors (Lipinski definition) is 1. The van der Waals surface area contributed by atoms with E-state index in [1.54, 1.807) is 0 Å². The number of β-amino-alcohol motifs (C(OH)–C–C–N with tert-alkyl or cyclic N) is 1. The molecule has 1 aromatic carbocycles. The molecular weight excluding hydrogens is 308 g/mol. The first-order valence-electron chi connectivity index (χ1n) is 8.54. The monoisotopic (exact) mass is 334 g/mol. The summed E-state index contributed by atoms with van der Waals surface area (Å²) >= 11 is 0. The highest BCUT2D eigenvalue weighted by Gasteiger charge is 2.38. The standard InChI is InChI=1S/C18H26N2O4/c1-15-3-2-4-16(11-15)24-14-18(22)5-6-19(13-18)12-17(21)20-7-9-23-10-8-20/h2-4,11,22H,5-10,12-14H2,1H3. The molecule has 1 amide bonds. The number of aliphatic hydroxyl groups is 1. The molecule has 2 aliphatic rings. The van der Waals surface area contributed by atoms with Gasteiger partial charge in [0.25, 0.3) is 0 Å². The van der Waals surface area contributed by atoms with Crippen molar-refractivity contribution in [2.45, 2.75) is 18.9 Å². The van der Waals surface area contributed by atoms with E-state index in [9.17, 15) is 9.90 Å². The van der Waals surface area contributed by atoms with Gasteiger partial charge >= 0.3 is 0 Å². The molecule has 1 aromatic rings. The molecule has 0 radical (unpaired) electrons. The molecule has 1 N–H and O–H groups in total.